The Hall–Kier alpha value is -2.70. The number of carbonyl (C=O) groups excluding carboxylic acids is 3. The molecule has 3 amide bonds. The molecule has 0 atom stereocenters. The lowest BCUT2D eigenvalue weighted by molar-refractivity contribution is 0.0642. The predicted octanol–water partition coefficient (Wildman–Crippen LogP) is 3.35. The summed E-state index contributed by atoms with van der Waals surface area (Å²) in [6.07, 6.45) is 3.40. The maximum absolute atomic E-state index is 12.8. The topological polar surface area (TPSA) is 69.7 Å². The molecule has 0 spiro atoms. The van der Waals surface area contributed by atoms with Crippen LogP contribution in [-0.4, -0.2) is 53.7 Å². The van der Waals surface area contributed by atoms with Crippen molar-refractivity contribution in [3.8, 4) is 0 Å². The lowest BCUT2D eigenvalue weighted by Crippen LogP contribution is -2.29. The van der Waals surface area contributed by atoms with Gasteiger partial charge in [0, 0.05) is 17.1 Å². The van der Waals surface area contributed by atoms with Crippen LogP contribution in [0.15, 0.2) is 42.5 Å². The van der Waals surface area contributed by atoms with Crippen LogP contribution >= 0.6 is 11.6 Å². The summed E-state index contributed by atoms with van der Waals surface area (Å²) in [6, 6.07) is 11.7. The van der Waals surface area contributed by atoms with Crippen molar-refractivity contribution >= 4 is 29.3 Å². The molecular weight excluding hydrogens is 402 g/mol. The van der Waals surface area contributed by atoms with E-state index >= 15 is 0 Å². The average molecular weight is 426 g/mol. The number of halogens is 1. The summed E-state index contributed by atoms with van der Waals surface area (Å²) < 4.78 is 0. The first-order valence-electron chi connectivity index (χ1n) is 10.3. The van der Waals surface area contributed by atoms with Gasteiger partial charge in [-0.3, -0.25) is 19.3 Å². The van der Waals surface area contributed by atoms with Crippen LogP contribution in [0.5, 0.6) is 0 Å². The molecule has 1 saturated heterocycles. The van der Waals surface area contributed by atoms with E-state index in [1.807, 2.05) is 0 Å². The molecule has 2 aliphatic rings. The van der Waals surface area contributed by atoms with Crippen molar-refractivity contribution in [2.45, 2.75) is 25.8 Å². The number of carbonyl (C=O) groups is 3. The van der Waals surface area contributed by atoms with Gasteiger partial charge in [0.05, 0.1) is 17.7 Å². The highest BCUT2D eigenvalue weighted by Crippen LogP contribution is 2.26. The van der Waals surface area contributed by atoms with E-state index in [0.29, 0.717) is 22.7 Å². The molecule has 6 nitrogen and oxygen atoms in total. The van der Waals surface area contributed by atoms with E-state index in [9.17, 15) is 14.4 Å². The van der Waals surface area contributed by atoms with Gasteiger partial charge in [0.15, 0.2) is 0 Å². The minimum Gasteiger partial charge on any atom is -0.352 e. The zero-order chi connectivity index (χ0) is 21.1. The molecule has 1 N–H and O–H groups in total. The van der Waals surface area contributed by atoms with Crippen LogP contribution in [0.3, 0.4) is 0 Å². The Balaban J connectivity index is 1.38. The summed E-state index contributed by atoms with van der Waals surface area (Å²) in [7, 11) is 0. The van der Waals surface area contributed by atoms with Crippen LogP contribution in [0.1, 0.15) is 55.9 Å². The van der Waals surface area contributed by atoms with Crippen LogP contribution in [0.2, 0.25) is 5.02 Å². The molecule has 4 rings (SSSR count). The quantitative estimate of drug-likeness (QED) is 0.545. The van der Waals surface area contributed by atoms with E-state index in [2.05, 4.69) is 10.2 Å². The number of fused-ring (bicyclic) bond motifs is 1. The van der Waals surface area contributed by atoms with Crippen molar-refractivity contribution < 1.29 is 14.4 Å². The number of rotatable bonds is 7. The van der Waals surface area contributed by atoms with Gasteiger partial charge in [0.2, 0.25) is 0 Å². The third kappa shape index (κ3) is 4.40. The first-order valence-corrected chi connectivity index (χ1v) is 10.7. The van der Waals surface area contributed by atoms with E-state index in [4.69, 9.17) is 11.6 Å². The fourth-order valence-corrected chi connectivity index (χ4v) is 4.09. The summed E-state index contributed by atoms with van der Waals surface area (Å²) in [5, 5.41) is 3.50. The fourth-order valence-electron chi connectivity index (χ4n) is 3.96. The van der Waals surface area contributed by atoms with Crippen LogP contribution in [0, 0.1) is 0 Å². The maximum atomic E-state index is 12.8. The number of nitrogens with zero attached hydrogens (tertiary/aromatic N) is 2. The monoisotopic (exact) mass is 425 g/mol. The SMILES string of the molecule is O=C(NCCCN1CCCC1)c1ccc2c(c1)C(=O)N(Cc1ccc(Cl)cc1)C2=O. The number of amides is 3. The molecule has 0 aliphatic carbocycles. The molecule has 0 unspecified atom stereocenters. The highest BCUT2D eigenvalue weighted by atomic mass is 35.5. The number of imide groups is 1. The average Bonchev–Trinajstić information content (AvgIpc) is 3.35. The zero-order valence-corrected chi connectivity index (χ0v) is 17.5. The molecule has 7 heteroatoms. The van der Waals surface area contributed by atoms with E-state index in [1.54, 1.807) is 36.4 Å². The normalized spacial score (nSPS) is 16.2. The Morgan fingerprint density at radius 3 is 2.40 bits per heavy atom. The van der Waals surface area contributed by atoms with Gasteiger partial charge in [-0.25, -0.2) is 0 Å². The second-order valence-electron chi connectivity index (χ2n) is 7.74. The Morgan fingerprint density at radius 1 is 0.967 bits per heavy atom. The Kier molecular flexibility index (Phi) is 6.16. The van der Waals surface area contributed by atoms with E-state index < -0.39 is 0 Å². The van der Waals surface area contributed by atoms with Crippen LogP contribution < -0.4 is 5.32 Å². The number of hydrogen-bond donors (Lipinski definition) is 1. The van der Waals surface area contributed by atoms with Gasteiger partial charge < -0.3 is 10.2 Å². The lowest BCUT2D eigenvalue weighted by atomic mass is 10.1. The second-order valence-corrected chi connectivity index (χ2v) is 8.18. The molecule has 0 aromatic heterocycles. The third-order valence-electron chi connectivity index (χ3n) is 5.62. The molecular formula is C23H24ClN3O3. The number of benzene rings is 2. The van der Waals surface area contributed by atoms with Crippen molar-refractivity contribution in [1.29, 1.82) is 0 Å². The minimum atomic E-state index is -0.381. The highest BCUT2D eigenvalue weighted by molar-refractivity contribution is 6.30. The number of hydrogen-bond acceptors (Lipinski definition) is 4. The Labute approximate surface area is 180 Å². The molecule has 1 fully saturated rings. The Bertz CT molecular complexity index is 968. The first-order chi connectivity index (χ1) is 14.5. The van der Waals surface area contributed by atoms with Crippen LogP contribution in [-0.2, 0) is 6.54 Å². The van der Waals surface area contributed by atoms with Crippen LogP contribution in [0.25, 0.3) is 0 Å². The smallest absolute Gasteiger partial charge is 0.261 e. The highest BCUT2D eigenvalue weighted by Gasteiger charge is 2.36. The van der Waals surface area contributed by atoms with Crippen LogP contribution in [0.4, 0.5) is 0 Å². The van der Waals surface area contributed by atoms with Gasteiger partial charge in [-0.15, -0.1) is 0 Å². The first kappa shape index (κ1) is 20.6. The molecule has 2 aliphatic heterocycles. The van der Waals surface area contributed by atoms with Crippen molar-refractivity contribution in [1.82, 2.24) is 15.1 Å². The van der Waals surface area contributed by atoms with Gasteiger partial charge in [-0.1, -0.05) is 23.7 Å². The van der Waals surface area contributed by atoms with Crippen molar-refractivity contribution in [2.24, 2.45) is 0 Å². The molecule has 156 valence electrons. The summed E-state index contributed by atoms with van der Waals surface area (Å²) in [5.41, 5.74) is 1.81. The van der Waals surface area contributed by atoms with Gasteiger partial charge in [0.25, 0.3) is 17.7 Å². The molecule has 2 aromatic carbocycles. The number of nitrogens with one attached hydrogen (secondary N) is 1. The Morgan fingerprint density at radius 2 is 1.67 bits per heavy atom. The maximum Gasteiger partial charge on any atom is 0.261 e. The van der Waals surface area contributed by atoms with E-state index in [-0.39, 0.29) is 29.8 Å². The number of likely N-dealkylation sites (tertiary alicyclic amines) is 1. The standard InChI is InChI=1S/C23H24ClN3O3/c24-18-7-4-16(5-8-18)15-27-22(29)19-9-6-17(14-20(19)23(27)30)21(28)25-10-3-13-26-11-1-2-12-26/h4-9,14H,1-3,10-13,15H2,(H,25,28). The summed E-state index contributed by atoms with van der Waals surface area (Å²) >= 11 is 5.90. The molecule has 30 heavy (non-hydrogen) atoms. The second kappa shape index (κ2) is 8.98. The van der Waals surface area contributed by atoms with Crippen molar-refractivity contribution in [2.75, 3.05) is 26.2 Å². The molecule has 2 aromatic rings. The van der Waals surface area contributed by atoms with Gasteiger partial charge in [0.1, 0.15) is 0 Å². The van der Waals surface area contributed by atoms with E-state index in [1.165, 1.54) is 23.8 Å². The predicted molar refractivity (Wildman–Crippen MR) is 115 cm³/mol. The molecule has 0 bridgehead atoms. The minimum absolute atomic E-state index is 0.168. The largest absolute Gasteiger partial charge is 0.352 e. The lowest BCUT2D eigenvalue weighted by Gasteiger charge is -2.14. The van der Waals surface area contributed by atoms with Crippen molar-refractivity contribution in [3.05, 3.63) is 69.7 Å². The fraction of sp³-hybridized carbons (Fsp3) is 0.348. The molecule has 0 saturated carbocycles. The van der Waals surface area contributed by atoms with Gasteiger partial charge in [-0.2, -0.15) is 0 Å². The molecule has 0 radical (unpaired) electrons. The van der Waals surface area contributed by atoms with Gasteiger partial charge in [-0.05, 0) is 74.8 Å². The van der Waals surface area contributed by atoms with E-state index in [0.717, 1.165) is 31.6 Å². The zero-order valence-electron chi connectivity index (χ0n) is 16.7. The van der Waals surface area contributed by atoms with Gasteiger partial charge >= 0.3 is 0 Å². The van der Waals surface area contributed by atoms with Crippen molar-refractivity contribution in [3.63, 3.8) is 0 Å². The third-order valence-corrected chi connectivity index (χ3v) is 5.87. The summed E-state index contributed by atoms with van der Waals surface area (Å²) in [4.78, 5) is 41.6. The summed E-state index contributed by atoms with van der Waals surface area (Å²) in [6.45, 7) is 4.02. The summed E-state index contributed by atoms with van der Waals surface area (Å²) in [5.74, 6) is -0.952. The molecule has 2 heterocycles.